The Balaban J connectivity index is 1.40. The molecule has 0 fully saturated rings. The van der Waals surface area contributed by atoms with Crippen LogP contribution in [0, 0.1) is 0 Å². The highest BCUT2D eigenvalue weighted by atomic mass is 28.3. The molecule has 0 saturated heterocycles. The van der Waals surface area contributed by atoms with E-state index in [1.807, 2.05) is 0 Å². The minimum Gasteiger partial charge on any atom is -0.0656 e. The Morgan fingerprint density at radius 3 is 1.50 bits per heavy atom. The number of rotatable bonds is 5. The second-order valence-corrected chi connectivity index (χ2v) is 18.0. The van der Waals surface area contributed by atoms with E-state index in [1.165, 1.54) is 82.4 Å². The van der Waals surface area contributed by atoms with Crippen LogP contribution in [0.25, 0.3) is 78.2 Å². The van der Waals surface area contributed by atoms with Crippen molar-refractivity contribution < 1.29 is 0 Å². The van der Waals surface area contributed by atoms with Crippen molar-refractivity contribution in [2.45, 2.75) is 19.6 Å². The van der Waals surface area contributed by atoms with Crippen LogP contribution >= 0.6 is 0 Å². The first kappa shape index (κ1) is 26.6. The van der Waals surface area contributed by atoms with Crippen LogP contribution in [0.3, 0.4) is 0 Å². The first-order valence-electron chi connectivity index (χ1n) is 15.5. The van der Waals surface area contributed by atoms with Crippen molar-refractivity contribution in [3.63, 3.8) is 0 Å². The van der Waals surface area contributed by atoms with Crippen molar-refractivity contribution in [2.24, 2.45) is 0 Å². The predicted octanol–water partition coefficient (Wildman–Crippen LogP) is 11.7. The maximum atomic E-state index is 2.40. The Bertz CT molecular complexity index is 2120. The molecule has 0 atom stereocenters. The molecule has 0 saturated carbocycles. The summed E-state index contributed by atoms with van der Waals surface area (Å²) in [5, 5.41) is 6.73. The second-order valence-electron chi connectivity index (χ2n) is 12.9. The number of fused-ring (bicyclic) bond motifs is 4. The largest absolute Gasteiger partial charge is 0.0775 e. The Morgan fingerprint density at radius 1 is 0.409 bits per heavy atom. The molecule has 1 heteroatoms. The molecule has 44 heavy (non-hydrogen) atoms. The van der Waals surface area contributed by atoms with Gasteiger partial charge in [0.2, 0.25) is 0 Å². The predicted molar refractivity (Wildman–Crippen MR) is 195 cm³/mol. The molecule has 0 heterocycles. The van der Waals surface area contributed by atoms with Crippen LogP contribution in [-0.4, -0.2) is 8.07 Å². The number of hydrogen-bond acceptors (Lipinski definition) is 0. The van der Waals surface area contributed by atoms with Gasteiger partial charge in [0.1, 0.15) is 0 Å². The molecule has 0 spiro atoms. The molecule has 0 radical (unpaired) electrons. The average Bonchev–Trinajstić information content (AvgIpc) is 3.39. The molecule has 7 aromatic carbocycles. The zero-order valence-corrected chi connectivity index (χ0v) is 26.4. The van der Waals surface area contributed by atoms with Crippen LogP contribution in [0.1, 0.15) is 11.1 Å². The van der Waals surface area contributed by atoms with Crippen molar-refractivity contribution in [3.05, 3.63) is 151 Å². The molecule has 7 aromatic rings. The summed E-state index contributed by atoms with van der Waals surface area (Å²) in [4.78, 5) is 0. The van der Waals surface area contributed by atoms with E-state index in [0.717, 1.165) is 0 Å². The summed E-state index contributed by atoms with van der Waals surface area (Å²) in [7, 11) is -1.32. The Hall–Kier alpha value is -4.98. The molecular weight excluding hydrogens is 545 g/mol. The summed E-state index contributed by atoms with van der Waals surface area (Å²) in [6.45, 7) is 7.20. The summed E-state index contributed by atoms with van der Waals surface area (Å²) in [5.41, 5.74) is 13.0. The fourth-order valence-electron chi connectivity index (χ4n) is 7.06. The zero-order chi connectivity index (χ0) is 29.8. The molecule has 0 N–H and O–H groups in total. The fraction of sp³-hybridized carbons (Fsp3) is 0.0698. The maximum absolute atomic E-state index is 2.40. The lowest BCUT2D eigenvalue weighted by molar-refractivity contribution is 1.62. The van der Waals surface area contributed by atoms with Gasteiger partial charge in [0, 0.05) is 0 Å². The van der Waals surface area contributed by atoms with E-state index in [-0.39, 0.29) is 0 Å². The van der Waals surface area contributed by atoms with Crippen LogP contribution in [0.5, 0.6) is 0 Å². The van der Waals surface area contributed by atoms with Gasteiger partial charge >= 0.3 is 0 Å². The van der Waals surface area contributed by atoms with E-state index in [1.54, 1.807) is 0 Å². The summed E-state index contributed by atoms with van der Waals surface area (Å²) in [6.07, 6.45) is 4.56. The van der Waals surface area contributed by atoms with E-state index in [2.05, 4.69) is 171 Å². The second kappa shape index (κ2) is 10.3. The minimum atomic E-state index is -1.32. The summed E-state index contributed by atoms with van der Waals surface area (Å²) in [6, 6.07) is 51.5. The van der Waals surface area contributed by atoms with Gasteiger partial charge in [-0.25, -0.2) is 0 Å². The topological polar surface area (TPSA) is 0 Å². The van der Waals surface area contributed by atoms with Gasteiger partial charge in [0.05, 0.1) is 8.07 Å². The van der Waals surface area contributed by atoms with Crippen molar-refractivity contribution in [3.8, 4) is 44.5 Å². The van der Waals surface area contributed by atoms with E-state index >= 15 is 0 Å². The van der Waals surface area contributed by atoms with Crippen LogP contribution in [0.15, 0.2) is 140 Å². The quantitative estimate of drug-likeness (QED) is 0.141. The lowest BCUT2D eigenvalue weighted by Crippen LogP contribution is -2.37. The Labute approximate surface area is 261 Å². The summed E-state index contributed by atoms with van der Waals surface area (Å²) < 4.78 is 0. The smallest absolute Gasteiger partial charge is 0.0656 e. The van der Waals surface area contributed by atoms with Gasteiger partial charge in [-0.15, -0.1) is 0 Å². The SMILES string of the molecule is C[Si](C)(C)c1ccc(C=Cc2ccc3c4c(cccc24)-c2c-3c(-c3ccccc3)c3ccccc3c2-c2ccccc2)cc1. The van der Waals surface area contributed by atoms with Gasteiger partial charge in [0.15, 0.2) is 0 Å². The van der Waals surface area contributed by atoms with Crippen LogP contribution in [-0.2, 0) is 0 Å². The van der Waals surface area contributed by atoms with Crippen LogP contribution < -0.4 is 5.19 Å². The highest BCUT2D eigenvalue weighted by Gasteiger charge is 2.30. The standard InChI is InChI=1S/C43H34Si/c1-44(2,3)33-26-22-29(23-27-33)21-24-30-25-28-38-41-34(30)19-12-20-37(41)42-39(31-13-6-4-7-14-31)35-17-10-11-18-36(35)40(43(38)42)32-15-8-5-9-16-32/h4-28H,1-3H3. The summed E-state index contributed by atoms with van der Waals surface area (Å²) >= 11 is 0. The lowest BCUT2D eigenvalue weighted by atomic mass is 9.82. The zero-order valence-electron chi connectivity index (χ0n) is 25.4. The Kier molecular flexibility index (Phi) is 6.25. The Morgan fingerprint density at radius 2 is 0.932 bits per heavy atom. The third-order valence-corrected chi connectivity index (χ3v) is 11.3. The maximum Gasteiger partial charge on any atom is 0.0775 e. The lowest BCUT2D eigenvalue weighted by Gasteiger charge is -2.20. The fourth-order valence-corrected chi connectivity index (χ4v) is 8.22. The molecule has 0 aliphatic heterocycles. The minimum absolute atomic E-state index is 1.24. The molecule has 210 valence electrons. The highest BCUT2D eigenvalue weighted by Crippen LogP contribution is 2.57. The molecule has 0 amide bonds. The van der Waals surface area contributed by atoms with Crippen molar-refractivity contribution >= 4 is 47.0 Å². The van der Waals surface area contributed by atoms with E-state index in [0.29, 0.717) is 0 Å². The highest BCUT2D eigenvalue weighted by molar-refractivity contribution is 6.88. The number of hydrogen-bond donors (Lipinski definition) is 0. The summed E-state index contributed by atoms with van der Waals surface area (Å²) in [5.74, 6) is 0. The molecule has 0 nitrogen and oxygen atoms in total. The first-order valence-corrected chi connectivity index (χ1v) is 19.0. The van der Waals surface area contributed by atoms with Gasteiger partial charge in [-0.2, -0.15) is 0 Å². The third kappa shape index (κ3) is 4.27. The average molecular weight is 579 g/mol. The van der Waals surface area contributed by atoms with Gasteiger partial charge in [-0.05, 0) is 77.2 Å². The number of benzene rings is 7. The van der Waals surface area contributed by atoms with Crippen LogP contribution in [0.2, 0.25) is 19.6 Å². The normalized spacial score (nSPS) is 12.3. The van der Waals surface area contributed by atoms with E-state index < -0.39 is 8.07 Å². The molecule has 0 aromatic heterocycles. The van der Waals surface area contributed by atoms with Gasteiger partial charge in [-0.3, -0.25) is 0 Å². The molecule has 0 unspecified atom stereocenters. The van der Waals surface area contributed by atoms with Crippen molar-refractivity contribution in [2.75, 3.05) is 0 Å². The monoisotopic (exact) mass is 578 g/mol. The van der Waals surface area contributed by atoms with Crippen LogP contribution in [0.4, 0.5) is 0 Å². The first-order chi connectivity index (χ1) is 21.5. The molecular formula is C43H34Si. The van der Waals surface area contributed by atoms with Crippen molar-refractivity contribution in [1.82, 2.24) is 0 Å². The molecule has 1 aliphatic carbocycles. The molecule has 0 bridgehead atoms. The van der Waals surface area contributed by atoms with E-state index in [9.17, 15) is 0 Å². The van der Waals surface area contributed by atoms with E-state index in [4.69, 9.17) is 0 Å². The van der Waals surface area contributed by atoms with Gasteiger partial charge in [0.25, 0.3) is 0 Å². The third-order valence-electron chi connectivity index (χ3n) is 9.19. The van der Waals surface area contributed by atoms with Crippen molar-refractivity contribution in [1.29, 1.82) is 0 Å². The van der Waals surface area contributed by atoms with Gasteiger partial charge < -0.3 is 0 Å². The molecule has 1 aliphatic rings. The van der Waals surface area contributed by atoms with Gasteiger partial charge in [-0.1, -0.05) is 177 Å². The molecule has 8 rings (SSSR count).